The number of hydrogen-bond acceptors (Lipinski definition) is 5. The number of carboxylic acids is 1. The molecule has 0 bridgehead atoms. The van der Waals surface area contributed by atoms with E-state index >= 15 is 0 Å². The lowest BCUT2D eigenvalue weighted by atomic mass is 10.1. The Morgan fingerprint density at radius 3 is 2.96 bits per heavy atom. The SMILES string of the molecule is C=CC(=O)N1CCCC(n2nc(C(=O)O)c3c(N)nccc32)C1. The van der Waals surface area contributed by atoms with E-state index in [1.807, 2.05) is 0 Å². The van der Waals surface area contributed by atoms with Crippen LogP contribution in [0.25, 0.3) is 10.9 Å². The number of amides is 1. The molecular formula is C15H17N5O3. The van der Waals surface area contributed by atoms with Crippen LogP contribution in [0, 0.1) is 0 Å². The maximum absolute atomic E-state index is 11.8. The smallest absolute Gasteiger partial charge is 0.357 e. The van der Waals surface area contributed by atoms with Crippen LogP contribution in [0.2, 0.25) is 0 Å². The van der Waals surface area contributed by atoms with Crippen molar-refractivity contribution in [3.63, 3.8) is 0 Å². The van der Waals surface area contributed by atoms with Crippen LogP contribution >= 0.6 is 0 Å². The summed E-state index contributed by atoms with van der Waals surface area (Å²) in [6, 6.07) is 1.59. The largest absolute Gasteiger partial charge is 0.476 e. The summed E-state index contributed by atoms with van der Waals surface area (Å²) >= 11 is 0. The fraction of sp³-hybridized carbons (Fsp3) is 0.333. The van der Waals surface area contributed by atoms with Gasteiger partial charge >= 0.3 is 5.97 Å². The van der Waals surface area contributed by atoms with Gasteiger partial charge in [-0.15, -0.1) is 0 Å². The van der Waals surface area contributed by atoms with Crippen LogP contribution in [0.4, 0.5) is 5.82 Å². The molecule has 3 N–H and O–H groups in total. The van der Waals surface area contributed by atoms with Gasteiger partial charge in [0, 0.05) is 19.3 Å². The Morgan fingerprint density at radius 1 is 1.48 bits per heavy atom. The molecule has 1 atom stereocenters. The number of likely N-dealkylation sites (tertiary alicyclic amines) is 1. The molecule has 23 heavy (non-hydrogen) atoms. The standard InChI is InChI=1S/C15H17N5O3/c1-2-11(21)19-7-3-4-9(8-19)20-10-5-6-17-14(16)12(10)13(18-20)15(22)23/h2,5-6,9H,1,3-4,7-8H2,(H2,16,17)(H,22,23). The number of aromatic nitrogens is 3. The summed E-state index contributed by atoms with van der Waals surface area (Å²) in [5.74, 6) is -1.14. The molecule has 1 amide bonds. The summed E-state index contributed by atoms with van der Waals surface area (Å²) in [6.07, 6.45) is 4.43. The molecule has 3 heterocycles. The van der Waals surface area contributed by atoms with Crippen LogP contribution in [0.3, 0.4) is 0 Å². The van der Waals surface area contributed by atoms with Gasteiger partial charge in [0.2, 0.25) is 5.91 Å². The zero-order valence-corrected chi connectivity index (χ0v) is 12.5. The highest BCUT2D eigenvalue weighted by Crippen LogP contribution is 2.29. The van der Waals surface area contributed by atoms with Gasteiger partial charge in [-0.25, -0.2) is 9.78 Å². The average molecular weight is 315 g/mol. The molecule has 0 saturated carbocycles. The second-order valence-corrected chi connectivity index (χ2v) is 5.47. The van der Waals surface area contributed by atoms with Gasteiger partial charge in [-0.05, 0) is 25.0 Å². The van der Waals surface area contributed by atoms with Crippen molar-refractivity contribution in [3.8, 4) is 0 Å². The first kappa shape index (κ1) is 15.0. The van der Waals surface area contributed by atoms with Crippen LogP contribution in [-0.2, 0) is 4.79 Å². The van der Waals surface area contributed by atoms with E-state index in [4.69, 9.17) is 5.73 Å². The predicted molar refractivity (Wildman–Crippen MR) is 83.9 cm³/mol. The number of anilines is 1. The maximum atomic E-state index is 11.8. The number of carbonyl (C=O) groups is 2. The Bertz CT molecular complexity index is 798. The molecular weight excluding hydrogens is 298 g/mol. The van der Waals surface area contributed by atoms with E-state index in [1.54, 1.807) is 15.6 Å². The molecule has 0 aromatic carbocycles. The topological polar surface area (TPSA) is 114 Å². The van der Waals surface area contributed by atoms with Crippen LogP contribution in [0.5, 0.6) is 0 Å². The van der Waals surface area contributed by atoms with Gasteiger partial charge in [-0.3, -0.25) is 9.48 Å². The lowest BCUT2D eigenvalue weighted by Gasteiger charge is -2.32. The summed E-state index contributed by atoms with van der Waals surface area (Å²) in [7, 11) is 0. The second-order valence-electron chi connectivity index (χ2n) is 5.47. The van der Waals surface area contributed by atoms with E-state index in [-0.39, 0.29) is 23.5 Å². The zero-order valence-electron chi connectivity index (χ0n) is 12.5. The highest BCUT2D eigenvalue weighted by molar-refractivity contribution is 6.05. The number of nitrogen functional groups attached to an aromatic ring is 1. The average Bonchev–Trinajstić information content (AvgIpc) is 2.95. The van der Waals surface area contributed by atoms with Crippen LogP contribution in [0.15, 0.2) is 24.9 Å². The minimum absolute atomic E-state index is 0.106. The third kappa shape index (κ3) is 2.52. The lowest BCUT2D eigenvalue weighted by molar-refractivity contribution is -0.127. The van der Waals surface area contributed by atoms with E-state index in [9.17, 15) is 14.7 Å². The molecule has 1 saturated heterocycles. The number of pyridine rings is 1. The Kier molecular flexibility index (Phi) is 3.73. The number of carboxylic acid groups (broad SMARTS) is 1. The molecule has 0 radical (unpaired) electrons. The predicted octanol–water partition coefficient (Wildman–Crippen LogP) is 1.06. The zero-order chi connectivity index (χ0) is 16.6. The number of nitrogens with two attached hydrogens (primary N) is 1. The first-order valence-corrected chi connectivity index (χ1v) is 7.30. The van der Waals surface area contributed by atoms with Crippen molar-refractivity contribution >= 4 is 28.6 Å². The molecule has 1 aliphatic heterocycles. The molecule has 8 nitrogen and oxygen atoms in total. The number of nitrogens with zero attached hydrogens (tertiary/aromatic N) is 4. The molecule has 1 unspecified atom stereocenters. The van der Waals surface area contributed by atoms with Gasteiger partial charge in [0.15, 0.2) is 5.69 Å². The molecule has 120 valence electrons. The van der Waals surface area contributed by atoms with Gasteiger partial charge in [0.05, 0.1) is 16.9 Å². The fourth-order valence-electron chi connectivity index (χ4n) is 3.02. The van der Waals surface area contributed by atoms with E-state index in [0.717, 1.165) is 12.8 Å². The highest BCUT2D eigenvalue weighted by Gasteiger charge is 2.28. The normalized spacial score (nSPS) is 18.1. The van der Waals surface area contributed by atoms with Gasteiger partial charge in [0.25, 0.3) is 0 Å². The Balaban J connectivity index is 2.06. The Labute approximate surface area is 132 Å². The molecule has 2 aromatic heterocycles. The third-order valence-electron chi connectivity index (χ3n) is 4.08. The first-order chi connectivity index (χ1) is 11.0. The van der Waals surface area contributed by atoms with Crippen molar-refractivity contribution < 1.29 is 14.7 Å². The molecule has 8 heteroatoms. The van der Waals surface area contributed by atoms with Crippen molar-refractivity contribution in [3.05, 3.63) is 30.6 Å². The third-order valence-corrected chi connectivity index (χ3v) is 4.08. The van der Waals surface area contributed by atoms with Crippen molar-refractivity contribution in [1.82, 2.24) is 19.7 Å². The van der Waals surface area contributed by atoms with Crippen molar-refractivity contribution in [2.45, 2.75) is 18.9 Å². The molecule has 0 spiro atoms. The Morgan fingerprint density at radius 2 is 2.26 bits per heavy atom. The monoisotopic (exact) mass is 315 g/mol. The second kappa shape index (κ2) is 5.71. The highest BCUT2D eigenvalue weighted by atomic mass is 16.4. The summed E-state index contributed by atoms with van der Waals surface area (Å²) in [5, 5.41) is 13.9. The van der Waals surface area contributed by atoms with Crippen molar-refractivity contribution in [2.24, 2.45) is 0 Å². The number of piperidine rings is 1. The van der Waals surface area contributed by atoms with Crippen molar-refractivity contribution in [1.29, 1.82) is 0 Å². The fourth-order valence-corrected chi connectivity index (χ4v) is 3.02. The summed E-state index contributed by atoms with van der Waals surface area (Å²) in [6.45, 7) is 4.63. The lowest BCUT2D eigenvalue weighted by Crippen LogP contribution is -2.40. The van der Waals surface area contributed by atoms with E-state index in [0.29, 0.717) is 24.0 Å². The van der Waals surface area contributed by atoms with Gasteiger partial charge in [-0.1, -0.05) is 6.58 Å². The Hall–Kier alpha value is -2.90. The van der Waals surface area contributed by atoms with E-state index in [1.165, 1.54) is 12.3 Å². The number of carbonyl (C=O) groups excluding carboxylic acids is 1. The molecule has 3 rings (SSSR count). The number of fused-ring (bicyclic) bond motifs is 1. The molecule has 2 aromatic rings. The molecule has 1 fully saturated rings. The van der Waals surface area contributed by atoms with Gasteiger partial charge < -0.3 is 15.7 Å². The van der Waals surface area contributed by atoms with Gasteiger partial charge in [-0.2, -0.15) is 5.10 Å². The summed E-state index contributed by atoms with van der Waals surface area (Å²) < 4.78 is 1.65. The van der Waals surface area contributed by atoms with Crippen molar-refractivity contribution in [2.75, 3.05) is 18.8 Å². The number of rotatable bonds is 3. The summed E-state index contributed by atoms with van der Waals surface area (Å²) in [5.41, 5.74) is 6.33. The number of aromatic carboxylic acids is 1. The van der Waals surface area contributed by atoms with E-state index in [2.05, 4.69) is 16.7 Å². The minimum atomic E-state index is -1.15. The minimum Gasteiger partial charge on any atom is -0.476 e. The maximum Gasteiger partial charge on any atom is 0.357 e. The quantitative estimate of drug-likeness (QED) is 0.819. The first-order valence-electron chi connectivity index (χ1n) is 7.30. The van der Waals surface area contributed by atoms with Crippen LogP contribution in [0.1, 0.15) is 29.4 Å². The number of hydrogen-bond donors (Lipinski definition) is 2. The van der Waals surface area contributed by atoms with E-state index < -0.39 is 5.97 Å². The summed E-state index contributed by atoms with van der Waals surface area (Å²) in [4.78, 5) is 28.9. The van der Waals surface area contributed by atoms with Crippen LogP contribution in [-0.4, -0.2) is 49.7 Å². The molecule has 1 aliphatic rings. The van der Waals surface area contributed by atoms with Gasteiger partial charge in [0.1, 0.15) is 5.82 Å². The van der Waals surface area contributed by atoms with Crippen LogP contribution < -0.4 is 5.73 Å². The molecule has 0 aliphatic carbocycles.